The molecule has 0 saturated heterocycles. The molecule has 0 saturated carbocycles. The van der Waals surface area contributed by atoms with E-state index < -0.39 is 6.98 Å². The highest BCUT2D eigenvalue weighted by molar-refractivity contribution is 5.86. The molecular formula is C94H104N12+4. The van der Waals surface area contributed by atoms with Crippen LogP contribution in [0.3, 0.4) is 0 Å². The van der Waals surface area contributed by atoms with E-state index in [0.717, 1.165) is 22.5 Å². The number of pyridine rings is 4. The van der Waals surface area contributed by atoms with Gasteiger partial charge in [-0.1, -0.05) is 115 Å². The molecule has 0 radical (unpaired) electrons. The maximum Gasteiger partial charge on any atom is 0.213 e. The van der Waals surface area contributed by atoms with Crippen molar-refractivity contribution in [3.63, 3.8) is 0 Å². The number of nitrogens with zero attached hydrogens (tertiary/aromatic N) is 12. The van der Waals surface area contributed by atoms with E-state index in [1.165, 1.54) is 127 Å². The number of aromatic nitrogens is 4. The zero-order valence-corrected chi connectivity index (χ0v) is 64.7. The molecule has 0 spiro atoms. The van der Waals surface area contributed by atoms with Gasteiger partial charge in [0.2, 0.25) is 28.3 Å². The second-order valence-corrected chi connectivity index (χ2v) is 28.8. The Morgan fingerprint density at radius 2 is 0.623 bits per heavy atom. The fraction of sp³-hybridized carbons (Fsp3) is 0.234. The first-order chi connectivity index (χ1) is 52.3. The lowest BCUT2D eigenvalue weighted by atomic mass is 9.97. The van der Waals surface area contributed by atoms with Crippen LogP contribution < -0.4 is 37.9 Å². The third kappa shape index (κ3) is 14.4. The molecule has 12 heteroatoms. The summed E-state index contributed by atoms with van der Waals surface area (Å²) in [6, 6.07) is 75.3. The lowest BCUT2D eigenvalue weighted by molar-refractivity contribution is -0.660. The normalized spacial score (nSPS) is 17.0. The third-order valence-electron chi connectivity index (χ3n) is 22.2. The van der Waals surface area contributed by atoms with Crippen molar-refractivity contribution in [3.05, 3.63) is 314 Å². The van der Waals surface area contributed by atoms with Gasteiger partial charge in [-0.2, -0.15) is 4.57 Å². The topological polar surface area (TPSA) is 41.4 Å². The van der Waals surface area contributed by atoms with Crippen LogP contribution in [0.5, 0.6) is 0 Å². The summed E-state index contributed by atoms with van der Waals surface area (Å²) >= 11 is 0. The van der Waals surface area contributed by atoms with Crippen LogP contribution in [0.1, 0.15) is 65.2 Å². The Balaban J connectivity index is 0.000000128. The summed E-state index contributed by atoms with van der Waals surface area (Å²) in [6.07, 6.45) is 23.8. The van der Waals surface area contributed by atoms with Crippen LogP contribution in [0.25, 0.3) is 89.0 Å². The van der Waals surface area contributed by atoms with E-state index in [1.54, 1.807) is 6.20 Å². The van der Waals surface area contributed by atoms with Crippen molar-refractivity contribution in [2.75, 3.05) is 47.7 Å². The van der Waals surface area contributed by atoms with Crippen molar-refractivity contribution in [2.45, 2.75) is 93.9 Å². The number of rotatable bonds is 10. The molecule has 16 rings (SSSR count). The molecule has 0 N–H and O–H groups in total. The minimum atomic E-state index is -2.16. The number of anilines is 4. The Kier molecular flexibility index (Phi) is 20.0. The molecule has 106 heavy (non-hydrogen) atoms. The van der Waals surface area contributed by atoms with Crippen LogP contribution in [-0.2, 0) is 28.2 Å². The smallest absolute Gasteiger partial charge is 0.213 e. The molecule has 0 unspecified atom stereocenters. The SMILES string of the molecule is Cc1c(-c2cc3ccccc3c[n+]2C)cccc1N1C=CN(C)[C@@H]1C.Cc1c(-c2ccc3ccccc3[n+]2C)cccc1N1C=CN(C)[C@@H]1C.Cc1cc(-c2cccc(N3C=CN(C)[C@@H]3C)c2C)[n+](C)cc1-c1ccccc1.[2H]C([2H])([2H])N1C=CN(c2cccc(-c3cc(C)c(-c4ccccc4)c[n+]3C)c2C)[C@H]1C. The van der Waals surface area contributed by atoms with Crippen molar-refractivity contribution >= 4 is 44.4 Å². The van der Waals surface area contributed by atoms with E-state index in [2.05, 4.69) is 409 Å². The van der Waals surface area contributed by atoms with Gasteiger partial charge >= 0.3 is 0 Å². The van der Waals surface area contributed by atoms with Crippen molar-refractivity contribution < 1.29 is 22.4 Å². The Bertz CT molecular complexity index is 5390. The lowest BCUT2D eigenvalue weighted by Crippen LogP contribution is -2.34. The molecule has 8 aromatic carbocycles. The summed E-state index contributed by atoms with van der Waals surface area (Å²) in [5.41, 5.74) is 28.3. The quantitative estimate of drug-likeness (QED) is 0.126. The van der Waals surface area contributed by atoms with Crippen LogP contribution in [0, 0.1) is 41.5 Å². The van der Waals surface area contributed by atoms with Crippen LogP contribution in [0.2, 0.25) is 0 Å². The summed E-state index contributed by atoms with van der Waals surface area (Å²) in [7, 11) is 14.8. The molecule has 4 aliphatic rings. The van der Waals surface area contributed by atoms with Gasteiger partial charge in [-0.05, 0) is 186 Å². The van der Waals surface area contributed by atoms with Gasteiger partial charge in [-0.25, -0.2) is 13.7 Å². The molecule has 4 atom stereocenters. The lowest BCUT2D eigenvalue weighted by Gasteiger charge is -2.28. The summed E-state index contributed by atoms with van der Waals surface area (Å²) in [6.45, 7) is 19.5. The zero-order valence-electron chi connectivity index (χ0n) is 67.7. The van der Waals surface area contributed by atoms with Crippen LogP contribution in [0.4, 0.5) is 22.7 Å². The average molecular weight is 1400 g/mol. The van der Waals surface area contributed by atoms with Gasteiger partial charge in [0.1, 0.15) is 52.9 Å². The first kappa shape index (κ1) is 68.7. The molecule has 536 valence electrons. The largest absolute Gasteiger partial charge is 0.359 e. The van der Waals surface area contributed by atoms with E-state index in [1.807, 2.05) is 36.2 Å². The predicted molar refractivity (Wildman–Crippen MR) is 442 cm³/mol. The molecule has 0 bridgehead atoms. The van der Waals surface area contributed by atoms with Crippen LogP contribution >= 0.6 is 0 Å². The van der Waals surface area contributed by atoms with Gasteiger partial charge in [-0.3, -0.25) is 0 Å². The molecule has 8 heterocycles. The molecule has 0 fully saturated rings. The highest BCUT2D eigenvalue weighted by atomic mass is 15.4. The highest BCUT2D eigenvalue weighted by Crippen LogP contribution is 2.39. The van der Waals surface area contributed by atoms with E-state index in [4.69, 9.17) is 4.11 Å². The Morgan fingerprint density at radius 1 is 0.292 bits per heavy atom. The summed E-state index contributed by atoms with van der Waals surface area (Å²) in [4.78, 5) is 17.1. The molecule has 12 nitrogen and oxygen atoms in total. The zero-order chi connectivity index (χ0) is 77.3. The number of para-hydroxylation sites is 1. The van der Waals surface area contributed by atoms with E-state index in [9.17, 15) is 0 Å². The maximum atomic E-state index is 7.76. The molecule has 0 amide bonds. The highest BCUT2D eigenvalue weighted by Gasteiger charge is 2.30. The number of hydrogen-bond donors (Lipinski definition) is 0. The van der Waals surface area contributed by atoms with Crippen molar-refractivity contribution in [1.82, 2.24) is 19.6 Å². The van der Waals surface area contributed by atoms with Crippen LogP contribution in [0.15, 0.2) is 281 Å². The van der Waals surface area contributed by atoms with Gasteiger partial charge in [0.15, 0.2) is 18.6 Å². The molecular weight excluding hydrogens is 1300 g/mol. The Hall–Kier alpha value is -11.8. The second-order valence-electron chi connectivity index (χ2n) is 28.8. The number of aryl methyl sites for hydroxylation is 6. The summed E-state index contributed by atoms with van der Waals surface area (Å²) in [5.74, 6) is 0. The fourth-order valence-corrected chi connectivity index (χ4v) is 15.3. The van der Waals surface area contributed by atoms with Crippen molar-refractivity contribution in [2.24, 2.45) is 28.2 Å². The van der Waals surface area contributed by atoms with Gasteiger partial charge < -0.3 is 39.2 Å². The van der Waals surface area contributed by atoms with Crippen molar-refractivity contribution in [3.8, 4) is 67.3 Å². The number of hydrogen-bond acceptors (Lipinski definition) is 8. The monoisotopic (exact) mass is 1400 g/mol. The maximum absolute atomic E-state index is 7.76. The third-order valence-corrected chi connectivity index (χ3v) is 22.2. The molecule has 12 aromatic rings. The minimum absolute atomic E-state index is 0.280. The van der Waals surface area contributed by atoms with Crippen molar-refractivity contribution in [1.29, 1.82) is 0 Å². The standard InChI is InChI=1S/2C25H28N3.2C22H24N3/c2*1-18-16-25(27(5)17-23(18)21-10-7-6-8-11-21)22-12-9-13-24(19(22)2)28-15-14-26(4)20(28)3;1-16-19(9-7-11-20(16)25-15-14-23(3)17(25)2)22-13-12-18-8-5-6-10-21(18)24(22)4;1-16-20(10-7-11-21(16)25-13-12-23(3)17(25)2)22-14-18-8-5-6-9-19(18)15-24(22)4/h2*6-17,20H,1-5H3;2*5-15,17H,1-4H3/q4*+1/t2*20-;2*17-/m0000/s1/i4D3;;;. The fourth-order valence-electron chi connectivity index (χ4n) is 15.3. The molecule has 4 aromatic heterocycles. The number of benzene rings is 8. The van der Waals surface area contributed by atoms with E-state index in [-0.39, 0.29) is 6.17 Å². The minimum Gasteiger partial charge on any atom is -0.359 e. The van der Waals surface area contributed by atoms with Gasteiger partial charge in [0.25, 0.3) is 0 Å². The molecule has 4 aliphatic heterocycles. The van der Waals surface area contributed by atoms with Crippen LogP contribution in [-0.4, -0.2) is 72.4 Å². The predicted octanol–water partition coefficient (Wildman–Crippen LogP) is 18.5. The summed E-state index contributed by atoms with van der Waals surface area (Å²) < 4.78 is 32.2. The first-order valence-electron chi connectivity index (χ1n) is 38.4. The molecule has 0 aliphatic carbocycles. The van der Waals surface area contributed by atoms with Gasteiger partial charge in [0.05, 0.1) is 22.3 Å². The Labute approximate surface area is 634 Å². The van der Waals surface area contributed by atoms with E-state index in [0.29, 0.717) is 18.5 Å². The first-order valence-corrected chi connectivity index (χ1v) is 36.9. The van der Waals surface area contributed by atoms with Gasteiger partial charge in [-0.15, -0.1) is 0 Å². The number of fused-ring (bicyclic) bond motifs is 2. The average Bonchev–Trinajstić information content (AvgIpc) is 1.77. The van der Waals surface area contributed by atoms with Gasteiger partial charge in [0, 0.05) is 157 Å². The summed E-state index contributed by atoms with van der Waals surface area (Å²) in [5, 5.41) is 3.80. The Morgan fingerprint density at radius 3 is 1.01 bits per heavy atom. The van der Waals surface area contributed by atoms with E-state index >= 15 is 0 Å². The second kappa shape index (κ2) is 30.9.